The molecule has 0 radical (unpaired) electrons. The van der Waals surface area contributed by atoms with E-state index in [-0.39, 0.29) is 44.3 Å². The molecular weight excluding hydrogens is 310 g/mol. The molecule has 5 nitrogen and oxygen atoms in total. The van der Waals surface area contributed by atoms with Crippen molar-refractivity contribution in [2.45, 2.75) is 20.8 Å². The van der Waals surface area contributed by atoms with Crippen molar-refractivity contribution in [2.24, 2.45) is 0 Å². The van der Waals surface area contributed by atoms with E-state index in [0.29, 0.717) is 0 Å². The van der Waals surface area contributed by atoms with Crippen LogP contribution in [0.15, 0.2) is 36.4 Å². The third-order valence-electron chi connectivity index (χ3n) is 2.61. The van der Waals surface area contributed by atoms with Gasteiger partial charge in [0.25, 0.3) is 13.6 Å². The Morgan fingerprint density at radius 2 is 1.65 bits per heavy atom. The summed E-state index contributed by atoms with van der Waals surface area (Å²) in [5.74, 6) is -0.695. The van der Waals surface area contributed by atoms with Gasteiger partial charge in [0.05, 0.1) is 19.8 Å². The molecule has 1 aromatic carbocycles. The van der Waals surface area contributed by atoms with E-state index in [1.807, 2.05) is 30.3 Å². The van der Waals surface area contributed by atoms with Gasteiger partial charge in [0, 0.05) is 5.66 Å². The summed E-state index contributed by atoms with van der Waals surface area (Å²) in [5, 5.41) is 0. The average molecular weight is 332 g/mol. The molecule has 0 aliphatic carbocycles. The number of ether oxygens (including phenoxy) is 1. The number of esters is 1. The second-order valence-corrected chi connectivity index (χ2v) is 6.18. The van der Waals surface area contributed by atoms with Crippen molar-refractivity contribution in [1.29, 1.82) is 0 Å². The molecule has 0 aromatic heterocycles. The largest absolute Gasteiger partial charge is 1.00 e. The predicted molar refractivity (Wildman–Crippen MR) is 86.2 cm³/mol. The van der Waals surface area contributed by atoms with Crippen LogP contribution in [0.4, 0.5) is 0 Å². The van der Waals surface area contributed by atoms with Gasteiger partial charge >= 0.3 is 18.9 Å². The van der Waals surface area contributed by atoms with Gasteiger partial charge in [-0.05, 0) is 20.8 Å². The van der Waals surface area contributed by atoms with Crippen molar-refractivity contribution >= 4 is 19.6 Å². The van der Waals surface area contributed by atoms with Crippen molar-refractivity contribution in [3.8, 4) is 0 Å². The summed E-state index contributed by atoms with van der Waals surface area (Å²) in [4.78, 5) is 12.1. The SMILES string of the molecule is CCOC(=O)[C-](/C=C/c1ccccc1)P(=O)(OCC)OCC.[Li+]. The Hall–Kier alpha value is -0.953. The van der Waals surface area contributed by atoms with Gasteiger partial charge in [-0.2, -0.15) is 0 Å². The van der Waals surface area contributed by atoms with Crippen molar-refractivity contribution in [2.75, 3.05) is 19.8 Å². The van der Waals surface area contributed by atoms with Crippen LogP contribution in [0.1, 0.15) is 26.3 Å². The number of carbonyl (C=O) groups is 1. The van der Waals surface area contributed by atoms with Gasteiger partial charge in [-0.3, -0.25) is 9.36 Å². The van der Waals surface area contributed by atoms with E-state index in [2.05, 4.69) is 0 Å². The number of rotatable bonds is 9. The summed E-state index contributed by atoms with van der Waals surface area (Å²) >= 11 is 0. The van der Waals surface area contributed by atoms with Crippen LogP contribution in [-0.4, -0.2) is 25.8 Å². The Labute approximate surface area is 150 Å². The first-order valence-corrected chi connectivity index (χ1v) is 8.78. The fourth-order valence-electron chi connectivity index (χ4n) is 1.73. The third kappa shape index (κ3) is 6.99. The summed E-state index contributed by atoms with van der Waals surface area (Å²) < 4.78 is 28.3. The normalized spacial score (nSPS) is 11.1. The Bertz CT molecular complexity index is 523. The van der Waals surface area contributed by atoms with Gasteiger partial charge in [0.1, 0.15) is 0 Å². The van der Waals surface area contributed by atoms with E-state index in [4.69, 9.17) is 13.8 Å². The van der Waals surface area contributed by atoms with Crippen molar-refractivity contribution in [1.82, 2.24) is 0 Å². The van der Waals surface area contributed by atoms with Crippen LogP contribution in [0.3, 0.4) is 0 Å². The number of benzene rings is 1. The van der Waals surface area contributed by atoms with E-state index in [1.165, 1.54) is 6.08 Å². The van der Waals surface area contributed by atoms with Gasteiger partial charge < -0.3 is 13.8 Å². The molecule has 1 rings (SSSR count). The summed E-state index contributed by atoms with van der Waals surface area (Å²) in [6.07, 6.45) is 3.12. The molecule has 7 heteroatoms. The molecule has 0 saturated heterocycles. The van der Waals surface area contributed by atoms with E-state index >= 15 is 0 Å². The van der Waals surface area contributed by atoms with E-state index in [9.17, 15) is 9.36 Å². The summed E-state index contributed by atoms with van der Waals surface area (Å²) in [7, 11) is -3.70. The fourth-order valence-corrected chi connectivity index (χ4v) is 3.31. The Balaban J connectivity index is 0.00000484. The molecule has 0 atom stereocenters. The van der Waals surface area contributed by atoms with Crippen LogP contribution in [-0.2, 0) is 23.1 Å². The summed E-state index contributed by atoms with van der Waals surface area (Å²) in [6, 6.07) is 9.36. The zero-order valence-electron chi connectivity index (χ0n) is 14.2. The first kappa shape index (κ1) is 22.0. The van der Waals surface area contributed by atoms with Gasteiger partial charge in [-0.25, -0.2) is 12.2 Å². The molecule has 0 heterocycles. The maximum absolute atomic E-state index is 12.8. The standard InChI is InChI=1S/C16H22O5P.Li/c1-4-19-16(17)15(22(18,20-5-2)21-6-3)13-12-14-10-8-7-9-11-14;/h7-13H,4-6H2,1-3H3;/q-1;+1/b13-12+;. The van der Waals surface area contributed by atoms with E-state index in [1.54, 1.807) is 26.8 Å². The zero-order valence-corrected chi connectivity index (χ0v) is 15.0. The average Bonchev–Trinajstić information content (AvgIpc) is 2.49. The summed E-state index contributed by atoms with van der Waals surface area (Å²) in [5.41, 5.74) is 0.769. The van der Waals surface area contributed by atoms with Gasteiger partial charge in [-0.15, -0.1) is 5.56 Å². The maximum atomic E-state index is 12.8. The van der Waals surface area contributed by atoms with Crippen molar-refractivity contribution in [3.63, 3.8) is 0 Å². The monoisotopic (exact) mass is 332 g/mol. The molecular formula is C16H22LiO5P. The third-order valence-corrected chi connectivity index (χ3v) is 4.73. The molecule has 23 heavy (non-hydrogen) atoms. The molecule has 0 bridgehead atoms. The number of carbonyl (C=O) groups excluding carboxylic acids is 1. The van der Waals surface area contributed by atoms with E-state index < -0.39 is 13.6 Å². The second kappa shape index (κ2) is 11.6. The van der Waals surface area contributed by atoms with Crippen LogP contribution in [0.2, 0.25) is 0 Å². The number of hydrogen-bond donors (Lipinski definition) is 0. The molecule has 0 unspecified atom stereocenters. The Kier molecular flexibility index (Phi) is 11.1. The minimum Gasteiger partial charge on any atom is -0.476 e. The van der Waals surface area contributed by atoms with Crippen LogP contribution < -0.4 is 18.9 Å². The fraction of sp³-hybridized carbons (Fsp3) is 0.375. The second-order valence-electron chi connectivity index (χ2n) is 4.18. The quantitative estimate of drug-likeness (QED) is 0.293. The molecule has 122 valence electrons. The maximum Gasteiger partial charge on any atom is 1.00 e. The van der Waals surface area contributed by atoms with Crippen molar-refractivity contribution in [3.05, 3.63) is 47.6 Å². The van der Waals surface area contributed by atoms with E-state index in [0.717, 1.165) is 5.56 Å². The molecule has 1 aromatic rings. The predicted octanol–water partition coefficient (Wildman–Crippen LogP) is 1.06. The molecule has 0 N–H and O–H groups in total. The zero-order chi connectivity index (χ0) is 16.4. The van der Waals surface area contributed by atoms with Crippen LogP contribution in [0.5, 0.6) is 0 Å². The minimum absolute atomic E-state index is 0. The Morgan fingerprint density at radius 1 is 1.09 bits per heavy atom. The molecule has 0 spiro atoms. The summed E-state index contributed by atoms with van der Waals surface area (Å²) in [6.45, 7) is 5.58. The first-order chi connectivity index (χ1) is 10.6. The van der Waals surface area contributed by atoms with Gasteiger partial charge in [0.2, 0.25) is 0 Å². The molecule has 0 saturated carbocycles. The van der Waals surface area contributed by atoms with Crippen LogP contribution in [0.25, 0.3) is 6.08 Å². The minimum atomic E-state index is -3.70. The smallest absolute Gasteiger partial charge is 0.476 e. The van der Waals surface area contributed by atoms with Crippen molar-refractivity contribution < 1.29 is 42.0 Å². The Morgan fingerprint density at radius 3 is 2.13 bits per heavy atom. The van der Waals surface area contributed by atoms with Crippen LogP contribution >= 0.6 is 7.60 Å². The van der Waals surface area contributed by atoms with Gasteiger partial charge in [0.15, 0.2) is 0 Å². The first-order valence-electron chi connectivity index (χ1n) is 7.24. The molecule has 0 aliphatic heterocycles. The molecule has 0 fully saturated rings. The molecule has 0 amide bonds. The molecule has 0 aliphatic rings. The van der Waals surface area contributed by atoms with Crippen LogP contribution in [0, 0.1) is 5.66 Å². The topological polar surface area (TPSA) is 61.8 Å². The van der Waals surface area contributed by atoms with Gasteiger partial charge in [-0.1, -0.05) is 30.3 Å². The number of hydrogen-bond acceptors (Lipinski definition) is 5.